The minimum Gasteiger partial charge on any atom is -0.481 e. The Bertz CT molecular complexity index is 643. The van der Waals surface area contributed by atoms with Crippen molar-refractivity contribution in [2.75, 3.05) is 0 Å². The molecule has 1 saturated carbocycles. The number of carboxylic acid groups (broad SMARTS) is 1. The fourth-order valence-corrected chi connectivity index (χ4v) is 3.36. The van der Waals surface area contributed by atoms with Gasteiger partial charge in [0.25, 0.3) is 5.91 Å². The lowest BCUT2D eigenvalue weighted by atomic mass is 9.74. The molecule has 0 aliphatic heterocycles. The van der Waals surface area contributed by atoms with Crippen LogP contribution in [0.25, 0.3) is 10.2 Å². The number of thiazole rings is 1. The van der Waals surface area contributed by atoms with Crippen LogP contribution in [-0.2, 0) is 4.79 Å². The van der Waals surface area contributed by atoms with E-state index in [0.717, 1.165) is 29.5 Å². The summed E-state index contributed by atoms with van der Waals surface area (Å²) in [5, 5.41) is 12.2. The number of rotatable bonds is 4. The zero-order valence-electron chi connectivity index (χ0n) is 10.8. The largest absolute Gasteiger partial charge is 0.481 e. The number of benzene rings is 1. The molecule has 5 nitrogen and oxygen atoms in total. The molecule has 0 unspecified atom stereocenters. The van der Waals surface area contributed by atoms with E-state index in [-0.39, 0.29) is 12.3 Å². The molecule has 3 rings (SSSR count). The molecular weight excluding hydrogens is 276 g/mol. The predicted octanol–water partition coefficient (Wildman–Crippen LogP) is 2.42. The molecule has 1 amide bonds. The number of fused-ring (bicyclic) bond motifs is 1. The highest BCUT2D eigenvalue weighted by atomic mass is 32.1. The fourth-order valence-electron chi connectivity index (χ4n) is 2.50. The van der Waals surface area contributed by atoms with E-state index in [0.29, 0.717) is 5.01 Å². The molecule has 0 spiro atoms. The summed E-state index contributed by atoms with van der Waals surface area (Å²) >= 11 is 1.33. The Labute approximate surface area is 119 Å². The monoisotopic (exact) mass is 290 g/mol. The number of amides is 1. The summed E-state index contributed by atoms with van der Waals surface area (Å²) in [4.78, 5) is 27.4. The van der Waals surface area contributed by atoms with Crippen LogP contribution >= 0.6 is 11.3 Å². The van der Waals surface area contributed by atoms with E-state index in [2.05, 4.69) is 10.3 Å². The van der Waals surface area contributed by atoms with Crippen LogP contribution in [0.5, 0.6) is 0 Å². The smallest absolute Gasteiger partial charge is 0.305 e. The summed E-state index contributed by atoms with van der Waals surface area (Å²) in [6.07, 6.45) is 2.36. The zero-order chi connectivity index (χ0) is 14.2. The first-order chi connectivity index (χ1) is 9.58. The third-order valence-corrected chi connectivity index (χ3v) is 4.70. The van der Waals surface area contributed by atoms with Crippen LogP contribution < -0.4 is 5.32 Å². The van der Waals surface area contributed by atoms with Gasteiger partial charge in [-0.1, -0.05) is 12.1 Å². The van der Waals surface area contributed by atoms with Gasteiger partial charge in [0.2, 0.25) is 0 Å². The maximum Gasteiger partial charge on any atom is 0.305 e. The van der Waals surface area contributed by atoms with Gasteiger partial charge in [0.15, 0.2) is 5.01 Å². The topological polar surface area (TPSA) is 79.3 Å². The van der Waals surface area contributed by atoms with Crippen molar-refractivity contribution < 1.29 is 14.7 Å². The lowest BCUT2D eigenvalue weighted by Gasteiger charge is -2.41. The average Bonchev–Trinajstić information content (AvgIpc) is 2.79. The number of carboxylic acids is 1. The van der Waals surface area contributed by atoms with E-state index >= 15 is 0 Å². The van der Waals surface area contributed by atoms with Gasteiger partial charge >= 0.3 is 5.97 Å². The predicted molar refractivity (Wildman–Crippen MR) is 75.9 cm³/mol. The first-order valence-corrected chi connectivity index (χ1v) is 7.30. The first-order valence-electron chi connectivity index (χ1n) is 6.48. The number of hydrogen-bond acceptors (Lipinski definition) is 4. The summed E-state index contributed by atoms with van der Waals surface area (Å²) in [5.41, 5.74) is 0.212. The molecule has 0 atom stereocenters. The summed E-state index contributed by atoms with van der Waals surface area (Å²) in [7, 11) is 0. The van der Waals surface area contributed by atoms with Crippen molar-refractivity contribution in [3.8, 4) is 0 Å². The van der Waals surface area contributed by atoms with Gasteiger partial charge in [-0.3, -0.25) is 9.59 Å². The highest BCUT2D eigenvalue weighted by molar-refractivity contribution is 7.20. The molecule has 1 aromatic heterocycles. The van der Waals surface area contributed by atoms with Gasteiger partial charge in [0.05, 0.1) is 22.2 Å². The number of carbonyl (C=O) groups is 2. The minimum atomic E-state index is -0.880. The summed E-state index contributed by atoms with van der Waals surface area (Å²) < 4.78 is 0.957. The van der Waals surface area contributed by atoms with Crippen molar-refractivity contribution in [2.45, 2.75) is 31.2 Å². The van der Waals surface area contributed by atoms with Crippen molar-refractivity contribution in [1.29, 1.82) is 0 Å². The molecule has 20 heavy (non-hydrogen) atoms. The standard InChI is InChI=1S/C14H14N2O3S/c17-11(18)8-14(6-3-7-14)16-12(19)13-15-9-4-1-2-5-10(9)20-13/h1-2,4-5H,3,6-8H2,(H,16,19)(H,17,18). The lowest BCUT2D eigenvalue weighted by molar-refractivity contribution is -0.139. The van der Waals surface area contributed by atoms with Gasteiger partial charge in [-0.15, -0.1) is 11.3 Å². The molecule has 2 N–H and O–H groups in total. The Morgan fingerprint density at radius 1 is 1.35 bits per heavy atom. The van der Waals surface area contributed by atoms with Gasteiger partial charge in [-0.05, 0) is 31.4 Å². The van der Waals surface area contributed by atoms with Crippen molar-refractivity contribution in [2.24, 2.45) is 0 Å². The maximum atomic E-state index is 12.2. The molecule has 1 heterocycles. The van der Waals surface area contributed by atoms with Crippen LogP contribution in [0.2, 0.25) is 0 Å². The quantitative estimate of drug-likeness (QED) is 0.906. The number of hydrogen-bond donors (Lipinski definition) is 2. The molecule has 1 aliphatic rings. The summed E-state index contributed by atoms with van der Waals surface area (Å²) in [6.45, 7) is 0. The van der Waals surface area contributed by atoms with E-state index < -0.39 is 11.5 Å². The average molecular weight is 290 g/mol. The van der Waals surface area contributed by atoms with E-state index in [1.807, 2.05) is 24.3 Å². The highest BCUT2D eigenvalue weighted by Gasteiger charge is 2.40. The third-order valence-electron chi connectivity index (χ3n) is 3.67. The highest BCUT2D eigenvalue weighted by Crippen LogP contribution is 2.35. The Kier molecular flexibility index (Phi) is 3.17. The minimum absolute atomic E-state index is 0.0242. The molecular formula is C14H14N2O3S. The molecule has 0 saturated heterocycles. The molecule has 1 aliphatic carbocycles. The zero-order valence-corrected chi connectivity index (χ0v) is 11.6. The Morgan fingerprint density at radius 3 is 2.70 bits per heavy atom. The molecule has 2 aromatic rings. The molecule has 0 bridgehead atoms. The van der Waals surface area contributed by atoms with Crippen molar-refractivity contribution >= 4 is 33.4 Å². The van der Waals surface area contributed by atoms with E-state index in [1.165, 1.54) is 11.3 Å². The molecule has 0 radical (unpaired) electrons. The van der Waals surface area contributed by atoms with Crippen LogP contribution in [0.4, 0.5) is 0 Å². The van der Waals surface area contributed by atoms with Crippen LogP contribution in [0, 0.1) is 0 Å². The van der Waals surface area contributed by atoms with Gasteiger partial charge in [0.1, 0.15) is 0 Å². The Hall–Kier alpha value is -1.95. The number of carbonyl (C=O) groups excluding carboxylic acids is 1. The summed E-state index contributed by atoms with van der Waals surface area (Å²) in [6, 6.07) is 7.56. The fraction of sp³-hybridized carbons (Fsp3) is 0.357. The number of nitrogens with one attached hydrogen (secondary N) is 1. The third kappa shape index (κ3) is 2.38. The van der Waals surface area contributed by atoms with Crippen LogP contribution in [0.1, 0.15) is 35.5 Å². The van der Waals surface area contributed by atoms with E-state index in [9.17, 15) is 9.59 Å². The number of aliphatic carboxylic acids is 1. The van der Waals surface area contributed by atoms with Crippen LogP contribution in [0.3, 0.4) is 0 Å². The molecule has 104 valence electrons. The molecule has 1 fully saturated rings. The first kappa shape index (κ1) is 13.1. The second-order valence-corrected chi connectivity index (χ2v) is 6.18. The number of aromatic nitrogens is 1. The van der Waals surface area contributed by atoms with Crippen LogP contribution in [-0.4, -0.2) is 27.5 Å². The second kappa shape index (κ2) is 4.86. The van der Waals surface area contributed by atoms with E-state index in [1.54, 1.807) is 0 Å². The number of para-hydroxylation sites is 1. The van der Waals surface area contributed by atoms with E-state index in [4.69, 9.17) is 5.11 Å². The maximum absolute atomic E-state index is 12.2. The van der Waals surface area contributed by atoms with Gasteiger partial charge in [0, 0.05) is 0 Å². The SMILES string of the molecule is O=C(O)CC1(NC(=O)c2nc3ccccc3s2)CCC1. The van der Waals surface area contributed by atoms with Crippen molar-refractivity contribution in [1.82, 2.24) is 10.3 Å². The Balaban J connectivity index is 1.80. The normalized spacial score (nSPS) is 16.6. The Morgan fingerprint density at radius 2 is 2.10 bits per heavy atom. The van der Waals surface area contributed by atoms with Gasteiger partial charge < -0.3 is 10.4 Å². The number of nitrogens with zero attached hydrogens (tertiary/aromatic N) is 1. The van der Waals surface area contributed by atoms with Gasteiger partial charge in [-0.2, -0.15) is 0 Å². The molecule has 1 aromatic carbocycles. The summed E-state index contributed by atoms with van der Waals surface area (Å²) in [5.74, 6) is -1.15. The van der Waals surface area contributed by atoms with Crippen LogP contribution in [0.15, 0.2) is 24.3 Å². The van der Waals surface area contributed by atoms with Crippen molar-refractivity contribution in [3.63, 3.8) is 0 Å². The second-order valence-electron chi connectivity index (χ2n) is 5.15. The van der Waals surface area contributed by atoms with Crippen molar-refractivity contribution in [3.05, 3.63) is 29.3 Å². The molecule has 6 heteroatoms. The lowest BCUT2D eigenvalue weighted by Crippen LogP contribution is -2.54. The van der Waals surface area contributed by atoms with Gasteiger partial charge in [-0.25, -0.2) is 4.98 Å².